The summed E-state index contributed by atoms with van der Waals surface area (Å²) < 4.78 is 1.59. The number of nitrogens with two attached hydrogens (primary N) is 1. The number of pyridine rings is 1. The van der Waals surface area contributed by atoms with Crippen LogP contribution in [0.4, 0.5) is 5.69 Å². The van der Waals surface area contributed by atoms with Gasteiger partial charge in [0.15, 0.2) is 5.82 Å². The van der Waals surface area contributed by atoms with Crippen molar-refractivity contribution in [2.75, 3.05) is 5.32 Å². The third-order valence-electron chi connectivity index (χ3n) is 2.51. The molecule has 0 fully saturated rings. The maximum atomic E-state index is 11.6. The van der Waals surface area contributed by atoms with Gasteiger partial charge in [-0.3, -0.25) is 4.79 Å². The fourth-order valence-corrected chi connectivity index (χ4v) is 1.42. The summed E-state index contributed by atoms with van der Waals surface area (Å²) in [4.78, 5) is 15.8. The van der Waals surface area contributed by atoms with E-state index in [9.17, 15) is 4.79 Å². The molecule has 94 valence electrons. The number of aromatic nitrogens is 3. The van der Waals surface area contributed by atoms with E-state index in [4.69, 9.17) is 5.73 Å². The van der Waals surface area contributed by atoms with Crippen LogP contribution in [0.5, 0.6) is 0 Å². The lowest BCUT2D eigenvalue weighted by atomic mass is 10.2. The highest BCUT2D eigenvalue weighted by atomic mass is 16.2. The molecule has 0 aliphatic carbocycles. The highest BCUT2D eigenvalue weighted by Crippen LogP contribution is 2.09. The van der Waals surface area contributed by atoms with Crippen LogP contribution < -0.4 is 11.1 Å². The first kappa shape index (κ1) is 12.3. The van der Waals surface area contributed by atoms with Crippen LogP contribution in [0.2, 0.25) is 0 Å². The fourth-order valence-electron chi connectivity index (χ4n) is 1.42. The second kappa shape index (κ2) is 5.42. The van der Waals surface area contributed by atoms with Crippen LogP contribution in [0.1, 0.15) is 13.3 Å². The fraction of sp³-hybridized carbons (Fsp3) is 0.250. The van der Waals surface area contributed by atoms with Gasteiger partial charge in [-0.25, -0.2) is 9.67 Å². The van der Waals surface area contributed by atoms with Gasteiger partial charge in [0.05, 0.1) is 24.1 Å². The largest absolute Gasteiger partial charge is 0.322 e. The van der Waals surface area contributed by atoms with E-state index in [-0.39, 0.29) is 5.91 Å². The molecule has 2 aromatic rings. The molecule has 2 heterocycles. The number of anilines is 1. The Bertz CT molecular complexity index is 522. The van der Waals surface area contributed by atoms with E-state index in [2.05, 4.69) is 15.4 Å². The van der Waals surface area contributed by atoms with Crippen molar-refractivity contribution in [2.24, 2.45) is 5.73 Å². The Labute approximate surface area is 105 Å². The minimum atomic E-state index is -0.497. The summed E-state index contributed by atoms with van der Waals surface area (Å²) in [5.41, 5.74) is 6.24. The van der Waals surface area contributed by atoms with Gasteiger partial charge in [0.2, 0.25) is 5.91 Å². The van der Waals surface area contributed by atoms with Gasteiger partial charge in [0.25, 0.3) is 0 Å². The monoisotopic (exact) mass is 245 g/mol. The Morgan fingerprint density at radius 2 is 2.39 bits per heavy atom. The number of hydrogen-bond acceptors (Lipinski definition) is 4. The quantitative estimate of drug-likeness (QED) is 0.839. The van der Waals surface area contributed by atoms with Crippen LogP contribution >= 0.6 is 0 Å². The van der Waals surface area contributed by atoms with Crippen molar-refractivity contribution in [2.45, 2.75) is 19.4 Å². The van der Waals surface area contributed by atoms with Crippen molar-refractivity contribution in [1.82, 2.24) is 14.8 Å². The number of nitrogens with one attached hydrogen (secondary N) is 1. The van der Waals surface area contributed by atoms with Crippen LogP contribution in [-0.4, -0.2) is 26.7 Å². The predicted molar refractivity (Wildman–Crippen MR) is 68.3 cm³/mol. The minimum absolute atomic E-state index is 0.210. The van der Waals surface area contributed by atoms with Crippen molar-refractivity contribution >= 4 is 11.6 Å². The number of nitrogens with zero attached hydrogens (tertiary/aromatic N) is 3. The molecule has 0 spiro atoms. The average Bonchev–Trinajstić information content (AvgIpc) is 2.87. The third-order valence-corrected chi connectivity index (χ3v) is 2.51. The SMILES string of the molecule is CC[C@@H](N)C(=O)Nc1cnn(-c2ccccn2)c1. The van der Waals surface area contributed by atoms with Gasteiger partial charge in [0, 0.05) is 6.20 Å². The second-order valence-electron chi connectivity index (χ2n) is 3.87. The Kier molecular flexibility index (Phi) is 3.69. The molecule has 0 aliphatic heterocycles. The molecule has 0 saturated heterocycles. The Hall–Kier alpha value is -2.21. The Balaban J connectivity index is 2.10. The topological polar surface area (TPSA) is 85.8 Å². The van der Waals surface area contributed by atoms with Crippen molar-refractivity contribution < 1.29 is 4.79 Å². The van der Waals surface area contributed by atoms with Gasteiger partial charge in [-0.05, 0) is 18.6 Å². The van der Waals surface area contributed by atoms with Crippen LogP contribution in [0.15, 0.2) is 36.8 Å². The lowest BCUT2D eigenvalue weighted by molar-refractivity contribution is -0.117. The highest BCUT2D eigenvalue weighted by molar-refractivity contribution is 5.94. The number of hydrogen-bond donors (Lipinski definition) is 2. The van der Waals surface area contributed by atoms with E-state index in [1.165, 1.54) is 0 Å². The lowest BCUT2D eigenvalue weighted by Gasteiger charge is -2.07. The first-order valence-corrected chi connectivity index (χ1v) is 5.73. The minimum Gasteiger partial charge on any atom is -0.322 e. The number of amides is 1. The van der Waals surface area contributed by atoms with Crippen LogP contribution in [0.25, 0.3) is 5.82 Å². The van der Waals surface area contributed by atoms with Crippen molar-refractivity contribution in [3.8, 4) is 5.82 Å². The molecular weight excluding hydrogens is 230 g/mol. The van der Waals surface area contributed by atoms with Gasteiger partial charge in [-0.15, -0.1) is 0 Å². The zero-order valence-corrected chi connectivity index (χ0v) is 10.1. The molecule has 18 heavy (non-hydrogen) atoms. The predicted octanol–water partition coefficient (Wildman–Crippen LogP) is 0.943. The van der Waals surface area contributed by atoms with Gasteiger partial charge in [-0.2, -0.15) is 5.10 Å². The molecule has 6 nitrogen and oxygen atoms in total. The van der Waals surface area contributed by atoms with E-state index in [1.54, 1.807) is 23.3 Å². The highest BCUT2D eigenvalue weighted by Gasteiger charge is 2.12. The molecule has 0 radical (unpaired) electrons. The molecule has 1 amide bonds. The average molecular weight is 245 g/mol. The molecular formula is C12H15N5O. The Morgan fingerprint density at radius 1 is 1.56 bits per heavy atom. The Morgan fingerprint density at radius 3 is 3.06 bits per heavy atom. The molecule has 0 aliphatic rings. The summed E-state index contributed by atoms with van der Waals surface area (Å²) in [6, 6.07) is 5.03. The first-order chi connectivity index (χ1) is 8.70. The summed E-state index contributed by atoms with van der Waals surface area (Å²) in [5.74, 6) is 0.482. The van der Waals surface area contributed by atoms with E-state index >= 15 is 0 Å². The van der Waals surface area contributed by atoms with Gasteiger partial charge in [0.1, 0.15) is 0 Å². The lowest BCUT2D eigenvalue weighted by Crippen LogP contribution is -2.34. The molecule has 0 saturated carbocycles. The molecule has 6 heteroatoms. The molecule has 2 aromatic heterocycles. The van der Waals surface area contributed by atoms with Gasteiger partial charge >= 0.3 is 0 Å². The van der Waals surface area contributed by atoms with Crippen molar-refractivity contribution in [1.29, 1.82) is 0 Å². The second-order valence-corrected chi connectivity index (χ2v) is 3.87. The maximum Gasteiger partial charge on any atom is 0.241 e. The molecule has 2 rings (SSSR count). The van der Waals surface area contributed by atoms with Crippen LogP contribution in [-0.2, 0) is 4.79 Å². The van der Waals surface area contributed by atoms with Crippen molar-refractivity contribution in [3.05, 3.63) is 36.8 Å². The van der Waals surface area contributed by atoms with Gasteiger partial charge < -0.3 is 11.1 Å². The van der Waals surface area contributed by atoms with Crippen LogP contribution in [0.3, 0.4) is 0 Å². The third kappa shape index (κ3) is 2.72. The number of carbonyl (C=O) groups excluding carboxylic acids is 1. The van der Waals surface area contributed by atoms with Crippen molar-refractivity contribution in [3.63, 3.8) is 0 Å². The standard InChI is InChI=1S/C12H15N5O/c1-2-10(13)12(18)16-9-7-15-17(8-9)11-5-3-4-6-14-11/h3-8,10H,2,13H2,1H3,(H,16,18)/t10-/m1/s1. The summed E-state index contributed by atoms with van der Waals surface area (Å²) in [7, 11) is 0. The van der Waals surface area contributed by atoms with Crippen LogP contribution in [0, 0.1) is 0 Å². The summed E-state index contributed by atoms with van der Waals surface area (Å²) in [6.07, 6.45) is 5.54. The molecule has 0 unspecified atom stereocenters. The van der Waals surface area contributed by atoms with E-state index in [0.29, 0.717) is 17.9 Å². The zero-order valence-electron chi connectivity index (χ0n) is 10.1. The summed E-state index contributed by atoms with van der Waals surface area (Å²) in [6.45, 7) is 1.86. The molecule has 0 bridgehead atoms. The smallest absolute Gasteiger partial charge is 0.241 e. The van der Waals surface area contributed by atoms with E-state index in [1.807, 2.05) is 25.1 Å². The van der Waals surface area contributed by atoms with Gasteiger partial charge in [-0.1, -0.05) is 13.0 Å². The molecule has 3 N–H and O–H groups in total. The zero-order chi connectivity index (χ0) is 13.0. The normalized spacial score (nSPS) is 12.1. The maximum absolute atomic E-state index is 11.6. The van der Waals surface area contributed by atoms with E-state index < -0.39 is 6.04 Å². The number of rotatable bonds is 4. The summed E-state index contributed by atoms with van der Waals surface area (Å²) >= 11 is 0. The molecule has 0 aromatic carbocycles. The van der Waals surface area contributed by atoms with E-state index in [0.717, 1.165) is 0 Å². The molecule has 1 atom stereocenters. The first-order valence-electron chi connectivity index (χ1n) is 5.73. The number of carbonyl (C=O) groups is 1. The summed E-state index contributed by atoms with van der Waals surface area (Å²) in [5, 5.41) is 6.83.